The van der Waals surface area contributed by atoms with Gasteiger partial charge in [-0.15, -0.1) is 0 Å². The topological polar surface area (TPSA) is 76.1 Å². The van der Waals surface area contributed by atoms with Crippen LogP contribution in [0.1, 0.15) is 44.0 Å². The van der Waals surface area contributed by atoms with Gasteiger partial charge in [0.15, 0.2) is 0 Å². The van der Waals surface area contributed by atoms with Crippen LogP contribution in [0, 0.1) is 0 Å². The van der Waals surface area contributed by atoms with Crippen LogP contribution < -0.4 is 4.74 Å². The van der Waals surface area contributed by atoms with Gasteiger partial charge in [-0.25, -0.2) is 9.59 Å². The van der Waals surface area contributed by atoms with Crippen molar-refractivity contribution in [2.45, 2.75) is 45.3 Å². The van der Waals surface area contributed by atoms with Crippen LogP contribution in [0.4, 0.5) is 4.79 Å². The Morgan fingerprint density at radius 3 is 2.43 bits per heavy atom. The largest absolute Gasteiger partial charge is 0.489 e. The predicted octanol–water partition coefficient (Wildman–Crippen LogP) is 4.89. The van der Waals surface area contributed by atoms with E-state index in [1.807, 2.05) is 37.6 Å². The van der Waals surface area contributed by atoms with E-state index in [2.05, 4.69) is 0 Å². The van der Waals surface area contributed by atoms with Crippen molar-refractivity contribution >= 4 is 23.4 Å². The minimum absolute atomic E-state index is 0.144. The second-order valence-corrected chi connectivity index (χ2v) is 8.59. The number of piperidine rings is 1. The van der Waals surface area contributed by atoms with Gasteiger partial charge in [-0.1, -0.05) is 6.07 Å². The van der Waals surface area contributed by atoms with Gasteiger partial charge in [0.2, 0.25) is 0 Å². The number of carbonyl (C=O) groups excluding carboxylic acids is 1. The maximum Gasteiger partial charge on any atom is 0.410 e. The monoisotopic (exact) mass is 403 g/mol. The van der Waals surface area contributed by atoms with E-state index in [9.17, 15) is 14.7 Å². The van der Waals surface area contributed by atoms with E-state index in [1.54, 1.807) is 34.4 Å². The summed E-state index contributed by atoms with van der Waals surface area (Å²) in [4.78, 5) is 25.4. The second kappa shape index (κ2) is 8.22. The number of ether oxygens (including phenoxy) is 2. The summed E-state index contributed by atoms with van der Waals surface area (Å²) in [6, 6.07) is 7.15. The van der Waals surface area contributed by atoms with Crippen molar-refractivity contribution < 1.29 is 24.2 Å². The molecular formula is C21H25NO5S. The minimum Gasteiger partial charge on any atom is -0.489 e. The Balaban J connectivity index is 1.68. The maximum absolute atomic E-state index is 12.2. The van der Waals surface area contributed by atoms with Gasteiger partial charge < -0.3 is 19.5 Å². The molecule has 0 atom stereocenters. The summed E-state index contributed by atoms with van der Waals surface area (Å²) < 4.78 is 11.5. The highest BCUT2D eigenvalue weighted by atomic mass is 32.1. The van der Waals surface area contributed by atoms with Crippen molar-refractivity contribution in [2.75, 3.05) is 13.1 Å². The number of thiophene rings is 1. The predicted molar refractivity (Wildman–Crippen MR) is 108 cm³/mol. The lowest BCUT2D eigenvalue weighted by Crippen LogP contribution is -2.44. The third-order valence-corrected chi connectivity index (χ3v) is 5.14. The van der Waals surface area contributed by atoms with Crippen molar-refractivity contribution in [3.63, 3.8) is 0 Å². The third-order valence-electron chi connectivity index (χ3n) is 4.45. The molecule has 1 aliphatic rings. The van der Waals surface area contributed by atoms with Crippen LogP contribution in [0.2, 0.25) is 0 Å². The van der Waals surface area contributed by atoms with Crippen molar-refractivity contribution in [3.05, 3.63) is 40.6 Å². The third kappa shape index (κ3) is 5.04. The van der Waals surface area contributed by atoms with Crippen molar-refractivity contribution in [1.82, 2.24) is 4.90 Å². The first-order valence-electron chi connectivity index (χ1n) is 9.27. The SMILES string of the molecule is CC(C)(C)OC(=O)N1CCC(Oc2cc(-c3ccsc3)ccc2C(=O)O)CC1. The average Bonchev–Trinajstić information content (AvgIpc) is 3.15. The average molecular weight is 404 g/mol. The van der Waals surface area contributed by atoms with Gasteiger partial charge in [0.25, 0.3) is 0 Å². The van der Waals surface area contributed by atoms with Crippen LogP contribution in [0.25, 0.3) is 11.1 Å². The number of hydrogen-bond donors (Lipinski definition) is 1. The molecule has 1 aliphatic heterocycles. The molecule has 0 bridgehead atoms. The number of rotatable bonds is 4. The van der Waals surface area contributed by atoms with E-state index in [1.165, 1.54) is 0 Å². The highest BCUT2D eigenvalue weighted by Gasteiger charge is 2.28. The summed E-state index contributed by atoms with van der Waals surface area (Å²) in [5, 5.41) is 13.5. The molecule has 1 amide bonds. The van der Waals surface area contributed by atoms with Crippen molar-refractivity contribution in [2.24, 2.45) is 0 Å². The van der Waals surface area contributed by atoms with Crippen molar-refractivity contribution in [3.8, 4) is 16.9 Å². The van der Waals surface area contributed by atoms with Crippen LogP contribution in [0.3, 0.4) is 0 Å². The molecule has 0 radical (unpaired) electrons. The van der Waals surface area contributed by atoms with E-state index in [4.69, 9.17) is 9.47 Å². The summed E-state index contributed by atoms with van der Waals surface area (Å²) >= 11 is 1.59. The molecule has 0 saturated carbocycles. The molecule has 1 N–H and O–H groups in total. The number of likely N-dealkylation sites (tertiary alicyclic amines) is 1. The molecule has 2 aromatic rings. The molecule has 0 unspecified atom stereocenters. The van der Waals surface area contributed by atoms with Gasteiger partial charge in [0.05, 0.1) is 0 Å². The van der Waals surface area contributed by atoms with Crippen LogP contribution in [-0.2, 0) is 4.74 Å². The molecule has 28 heavy (non-hydrogen) atoms. The van der Waals surface area contributed by atoms with Gasteiger partial charge >= 0.3 is 12.1 Å². The first kappa shape index (κ1) is 20.2. The van der Waals surface area contributed by atoms with Gasteiger partial charge in [0.1, 0.15) is 23.0 Å². The van der Waals surface area contributed by atoms with Gasteiger partial charge in [-0.2, -0.15) is 11.3 Å². The van der Waals surface area contributed by atoms with Crippen LogP contribution in [0.15, 0.2) is 35.0 Å². The zero-order chi connectivity index (χ0) is 20.3. The zero-order valence-electron chi connectivity index (χ0n) is 16.3. The summed E-state index contributed by atoms with van der Waals surface area (Å²) in [7, 11) is 0. The molecule has 150 valence electrons. The van der Waals surface area contributed by atoms with Crippen LogP contribution >= 0.6 is 11.3 Å². The van der Waals surface area contributed by atoms with E-state index in [-0.39, 0.29) is 17.8 Å². The van der Waals surface area contributed by atoms with E-state index < -0.39 is 11.6 Å². The van der Waals surface area contributed by atoms with E-state index >= 15 is 0 Å². The van der Waals surface area contributed by atoms with Crippen molar-refractivity contribution in [1.29, 1.82) is 0 Å². The summed E-state index contributed by atoms with van der Waals surface area (Å²) in [6.45, 7) is 6.57. The Morgan fingerprint density at radius 1 is 1.14 bits per heavy atom. The lowest BCUT2D eigenvalue weighted by atomic mass is 10.0. The molecule has 6 nitrogen and oxygen atoms in total. The maximum atomic E-state index is 12.2. The fraction of sp³-hybridized carbons (Fsp3) is 0.429. The number of aromatic carboxylic acids is 1. The number of carboxylic acids is 1. The molecule has 1 aromatic carbocycles. The number of hydrogen-bond acceptors (Lipinski definition) is 5. The molecule has 1 saturated heterocycles. The number of nitrogens with zero attached hydrogens (tertiary/aromatic N) is 1. The Hall–Kier alpha value is -2.54. The lowest BCUT2D eigenvalue weighted by Gasteiger charge is -2.33. The number of benzene rings is 1. The quantitative estimate of drug-likeness (QED) is 0.786. The summed E-state index contributed by atoms with van der Waals surface area (Å²) in [5.41, 5.74) is 1.58. The first-order valence-corrected chi connectivity index (χ1v) is 10.2. The van der Waals surface area contributed by atoms with Gasteiger partial charge in [0, 0.05) is 25.9 Å². The van der Waals surface area contributed by atoms with Gasteiger partial charge in [-0.05, 0) is 60.9 Å². The lowest BCUT2D eigenvalue weighted by molar-refractivity contribution is 0.0126. The molecule has 1 fully saturated rings. The fourth-order valence-electron chi connectivity index (χ4n) is 3.07. The van der Waals surface area contributed by atoms with Gasteiger partial charge in [-0.3, -0.25) is 0 Å². The second-order valence-electron chi connectivity index (χ2n) is 7.81. The molecule has 2 heterocycles. The van der Waals surface area contributed by atoms with E-state index in [0.717, 1.165) is 11.1 Å². The Labute approximate surface area is 168 Å². The Morgan fingerprint density at radius 2 is 1.86 bits per heavy atom. The highest BCUT2D eigenvalue weighted by Crippen LogP contribution is 2.31. The highest BCUT2D eigenvalue weighted by molar-refractivity contribution is 7.08. The van der Waals surface area contributed by atoms with E-state index in [0.29, 0.717) is 31.7 Å². The number of carbonyl (C=O) groups is 2. The van der Waals surface area contributed by atoms with Crippen LogP contribution in [-0.4, -0.2) is 46.9 Å². The molecular weight excluding hydrogens is 378 g/mol. The fourth-order valence-corrected chi connectivity index (χ4v) is 3.73. The Bertz CT molecular complexity index is 833. The molecule has 3 rings (SSSR count). The molecule has 0 spiro atoms. The number of amides is 1. The molecule has 7 heteroatoms. The van der Waals surface area contributed by atoms with Crippen LogP contribution in [0.5, 0.6) is 5.75 Å². The minimum atomic E-state index is -1.02. The summed E-state index contributed by atoms with van der Waals surface area (Å²) in [6.07, 6.45) is 0.785. The number of carboxylic acid groups (broad SMARTS) is 1. The zero-order valence-corrected chi connectivity index (χ0v) is 17.1. The Kier molecular flexibility index (Phi) is 5.93. The smallest absolute Gasteiger partial charge is 0.410 e. The summed E-state index contributed by atoms with van der Waals surface area (Å²) in [5.74, 6) is -0.648. The molecule has 0 aliphatic carbocycles. The normalized spacial score (nSPS) is 15.3. The first-order chi connectivity index (χ1) is 13.2. The standard InChI is InChI=1S/C21H25NO5S/c1-21(2,3)27-20(25)22-9-6-16(7-10-22)26-18-12-14(15-8-11-28-13-15)4-5-17(18)19(23)24/h4-5,8,11-13,16H,6-7,9-10H2,1-3H3,(H,23,24). The molecule has 1 aromatic heterocycles.